The maximum Gasteiger partial charge on any atom is 0.326 e. The Bertz CT molecular complexity index is 1100. The van der Waals surface area contributed by atoms with Crippen LogP contribution in [0.1, 0.15) is 32.3 Å². The van der Waals surface area contributed by atoms with Gasteiger partial charge in [-0.05, 0) is 43.9 Å². The molecule has 8 nitrogen and oxygen atoms in total. The standard InChI is InChI=1S/C19H25N3O5S2/c1-4-13-8-9-14-16(11-13)28-19(21(14)12-17(23)27-5-2)20-18(24)15-7-6-10-22(15)29(3,25)26/h8-9,11,15H,4-7,10,12H2,1-3H3. The predicted molar refractivity (Wildman–Crippen MR) is 111 cm³/mol. The number of ether oxygens (including phenoxy) is 1. The van der Waals surface area contributed by atoms with Gasteiger partial charge in [0.15, 0.2) is 4.80 Å². The third kappa shape index (κ3) is 4.76. The highest BCUT2D eigenvalue weighted by Gasteiger charge is 2.36. The summed E-state index contributed by atoms with van der Waals surface area (Å²) in [5.74, 6) is -0.924. The number of nitrogens with zero attached hydrogens (tertiary/aromatic N) is 3. The summed E-state index contributed by atoms with van der Waals surface area (Å²) in [6, 6.07) is 5.11. The number of amides is 1. The van der Waals surface area contributed by atoms with E-state index in [2.05, 4.69) is 11.9 Å². The van der Waals surface area contributed by atoms with Crippen molar-refractivity contribution in [2.24, 2.45) is 4.99 Å². The van der Waals surface area contributed by atoms with E-state index in [1.807, 2.05) is 18.2 Å². The van der Waals surface area contributed by atoms with E-state index in [4.69, 9.17) is 4.74 Å². The molecule has 0 spiro atoms. The van der Waals surface area contributed by atoms with Crippen LogP contribution in [0.5, 0.6) is 0 Å². The Morgan fingerprint density at radius 2 is 2.07 bits per heavy atom. The first-order valence-corrected chi connectivity index (χ1v) is 12.2. The number of hydrogen-bond donors (Lipinski definition) is 0. The molecule has 29 heavy (non-hydrogen) atoms. The third-order valence-corrected chi connectivity index (χ3v) is 7.20. The summed E-state index contributed by atoms with van der Waals surface area (Å²) in [5.41, 5.74) is 1.93. The summed E-state index contributed by atoms with van der Waals surface area (Å²) in [6.07, 6.45) is 3.03. The fourth-order valence-electron chi connectivity index (χ4n) is 3.46. The molecule has 1 amide bonds. The normalized spacial score (nSPS) is 18.4. The molecule has 1 aromatic heterocycles. The lowest BCUT2D eigenvalue weighted by Gasteiger charge is -2.18. The molecule has 0 radical (unpaired) electrons. The van der Waals surface area contributed by atoms with Crippen LogP contribution < -0.4 is 4.80 Å². The van der Waals surface area contributed by atoms with Crippen molar-refractivity contribution in [1.29, 1.82) is 0 Å². The highest BCUT2D eigenvalue weighted by atomic mass is 32.2. The Morgan fingerprint density at radius 1 is 1.31 bits per heavy atom. The van der Waals surface area contributed by atoms with Gasteiger partial charge in [0.1, 0.15) is 12.6 Å². The molecule has 2 aromatic rings. The molecule has 1 aliphatic rings. The zero-order chi connectivity index (χ0) is 21.2. The van der Waals surface area contributed by atoms with Crippen LogP contribution in [0.4, 0.5) is 0 Å². The fourth-order valence-corrected chi connectivity index (χ4v) is 5.68. The second-order valence-electron chi connectivity index (χ2n) is 6.91. The molecule has 1 fully saturated rings. The smallest absolute Gasteiger partial charge is 0.326 e. The lowest BCUT2D eigenvalue weighted by atomic mass is 10.2. The van der Waals surface area contributed by atoms with Gasteiger partial charge in [-0.15, -0.1) is 0 Å². The summed E-state index contributed by atoms with van der Waals surface area (Å²) >= 11 is 1.31. The van der Waals surface area contributed by atoms with Gasteiger partial charge < -0.3 is 9.30 Å². The number of hydrogen-bond acceptors (Lipinski definition) is 6. The Morgan fingerprint density at radius 3 is 2.72 bits per heavy atom. The van der Waals surface area contributed by atoms with Crippen LogP contribution >= 0.6 is 11.3 Å². The SMILES string of the molecule is CCOC(=O)Cn1c(=NC(=O)C2CCCN2S(C)(=O)=O)sc2cc(CC)ccc21. The molecule has 1 aliphatic heterocycles. The van der Waals surface area contributed by atoms with E-state index in [9.17, 15) is 18.0 Å². The summed E-state index contributed by atoms with van der Waals surface area (Å²) in [5, 5.41) is 0. The highest BCUT2D eigenvalue weighted by Crippen LogP contribution is 2.23. The van der Waals surface area contributed by atoms with Gasteiger partial charge in [0.05, 0.1) is 23.1 Å². The van der Waals surface area contributed by atoms with Crippen molar-refractivity contribution >= 4 is 43.5 Å². The molecule has 158 valence electrons. The van der Waals surface area contributed by atoms with Crippen LogP contribution in [0.3, 0.4) is 0 Å². The quantitative estimate of drug-likeness (QED) is 0.638. The van der Waals surface area contributed by atoms with Crippen molar-refractivity contribution in [3.8, 4) is 0 Å². The molecule has 1 unspecified atom stereocenters. The van der Waals surface area contributed by atoms with Gasteiger partial charge in [0.2, 0.25) is 10.0 Å². The fraction of sp³-hybridized carbons (Fsp3) is 0.526. The van der Waals surface area contributed by atoms with E-state index in [1.165, 1.54) is 15.6 Å². The topological polar surface area (TPSA) is 98.0 Å². The van der Waals surface area contributed by atoms with Gasteiger partial charge in [-0.2, -0.15) is 9.30 Å². The molecule has 1 aromatic carbocycles. The van der Waals surface area contributed by atoms with Gasteiger partial charge in [-0.1, -0.05) is 24.3 Å². The molecule has 0 N–H and O–H groups in total. The zero-order valence-corrected chi connectivity index (χ0v) is 18.4. The van der Waals surface area contributed by atoms with Crippen molar-refractivity contribution in [2.45, 2.75) is 45.7 Å². The van der Waals surface area contributed by atoms with Gasteiger partial charge >= 0.3 is 5.97 Å². The molecular weight excluding hydrogens is 414 g/mol. The molecule has 0 bridgehead atoms. The van der Waals surface area contributed by atoms with Gasteiger partial charge in [0, 0.05) is 6.54 Å². The number of benzene rings is 1. The molecular formula is C19H25N3O5S2. The average Bonchev–Trinajstić information content (AvgIpc) is 3.27. The third-order valence-electron chi connectivity index (χ3n) is 4.87. The minimum atomic E-state index is -3.48. The second-order valence-corrected chi connectivity index (χ2v) is 9.86. The van der Waals surface area contributed by atoms with Crippen molar-refractivity contribution < 1.29 is 22.7 Å². The summed E-state index contributed by atoms with van der Waals surface area (Å²) in [4.78, 5) is 29.5. The van der Waals surface area contributed by atoms with Gasteiger partial charge in [-0.3, -0.25) is 9.59 Å². The first-order chi connectivity index (χ1) is 13.7. The molecule has 1 atom stereocenters. The number of carbonyl (C=O) groups excluding carboxylic acids is 2. The monoisotopic (exact) mass is 439 g/mol. The van der Waals surface area contributed by atoms with Crippen LogP contribution in [0.25, 0.3) is 10.2 Å². The molecule has 2 heterocycles. The first kappa shape index (κ1) is 21.7. The van der Waals surface area contributed by atoms with Crippen LogP contribution in [0, 0.1) is 0 Å². The summed E-state index contributed by atoms with van der Waals surface area (Å²) in [7, 11) is -3.48. The Kier molecular flexibility index (Phi) is 6.55. The number of rotatable bonds is 6. The van der Waals surface area contributed by atoms with E-state index >= 15 is 0 Å². The largest absolute Gasteiger partial charge is 0.465 e. The molecule has 0 aliphatic carbocycles. The van der Waals surface area contributed by atoms with Gasteiger partial charge in [0.25, 0.3) is 5.91 Å². The average molecular weight is 440 g/mol. The molecule has 0 saturated carbocycles. The van der Waals surface area contributed by atoms with Crippen LogP contribution in [-0.2, 0) is 37.3 Å². The Balaban J connectivity index is 2.06. The number of esters is 1. The summed E-state index contributed by atoms with van der Waals surface area (Å²) < 4.78 is 32.8. The molecule has 1 saturated heterocycles. The maximum absolute atomic E-state index is 12.8. The van der Waals surface area contributed by atoms with Crippen molar-refractivity contribution in [3.05, 3.63) is 28.6 Å². The molecule has 3 rings (SSSR count). The van der Waals surface area contributed by atoms with Crippen LogP contribution in [0.2, 0.25) is 0 Å². The van der Waals surface area contributed by atoms with E-state index in [1.54, 1.807) is 11.5 Å². The lowest BCUT2D eigenvalue weighted by Crippen LogP contribution is -2.40. The van der Waals surface area contributed by atoms with E-state index in [0.29, 0.717) is 24.2 Å². The minimum Gasteiger partial charge on any atom is -0.465 e. The number of thiazole rings is 1. The lowest BCUT2D eigenvalue weighted by molar-refractivity contribution is -0.143. The predicted octanol–water partition coefficient (Wildman–Crippen LogP) is 1.68. The van der Waals surface area contributed by atoms with Crippen molar-refractivity contribution in [2.75, 3.05) is 19.4 Å². The number of aryl methyl sites for hydroxylation is 1. The highest BCUT2D eigenvalue weighted by molar-refractivity contribution is 7.88. The summed E-state index contributed by atoms with van der Waals surface area (Å²) in [6.45, 7) is 4.30. The second kappa shape index (κ2) is 8.76. The van der Waals surface area contributed by atoms with E-state index in [0.717, 1.165) is 28.5 Å². The Hall–Kier alpha value is -2.04. The number of carbonyl (C=O) groups is 2. The Labute approximate surface area is 173 Å². The minimum absolute atomic E-state index is 0.0636. The number of sulfonamides is 1. The number of aromatic nitrogens is 1. The van der Waals surface area contributed by atoms with E-state index < -0.39 is 27.9 Å². The first-order valence-electron chi connectivity index (χ1n) is 9.57. The molecule has 10 heteroatoms. The van der Waals surface area contributed by atoms with Gasteiger partial charge in [-0.25, -0.2) is 8.42 Å². The number of fused-ring (bicyclic) bond motifs is 1. The van der Waals surface area contributed by atoms with Crippen LogP contribution in [-0.4, -0.2) is 54.6 Å². The van der Waals surface area contributed by atoms with E-state index in [-0.39, 0.29) is 13.2 Å². The zero-order valence-electron chi connectivity index (χ0n) is 16.8. The van der Waals surface area contributed by atoms with Crippen molar-refractivity contribution in [1.82, 2.24) is 8.87 Å². The van der Waals surface area contributed by atoms with Crippen LogP contribution in [0.15, 0.2) is 23.2 Å². The van der Waals surface area contributed by atoms with Crippen molar-refractivity contribution in [3.63, 3.8) is 0 Å². The maximum atomic E-state index is 12.8.